The number of aromatic nitrogens is 3. The van der Waals surface area contributed by atoms with Gasteiger partial charge in [-0.3, -0.25) is 9.36 Å². The van der Waals surface area contributed by atoms with Crippen LogP contribution < -0.4 is 5.56 Å². The number of alkyl halides is 3. The molecule has 0 radical (unpaired) electrons. The lowest BCUT2D eigenvalue weighted by molar-refractivity contribution is -0.147. The van der Waals surface area contributed by atoms with Gasteiger partial charge in [0.25, 0.3) is 5.56 Å². The van der Waals surface area contributed by atoms with Gasteiger partial charge in [-0.15, -0.1) is 0 Å². The van der Waals surface area contributed by atoms with Gasteiger partial charge in [0.2, 0.25) is 5.82 Å². The molecule has 0 aliphatic heterocycles. The van der Waals surface area contributed by atoms with E-state index in [1.807, 2.05) is 0 Å². The fraction of sp³-hybridized carbons (Fsp3) is 0.400. The molecule has 0 fully saturated rings. The predicted octanol–water partition coefficient (Wildman–Crippen LogP) is 2.07. The molecule has 0 saturated carbocycles. The monoisotopic (exact) mass is 245 g/mol. The van der Waals surface area contributed by atoms with Crippen LogP contribution >= 0.6 is 0 Å². The van der Waals surface area contributed by atoms with Gasteiger partial charge in [0.05, 0.1) is 5.39 Å². The molecule has 2 aromatic heterocycles. The van der Waals surface area contributed by atoms with Gasteiger partial charge in [0.15, 0.2) is 0 Å². The van der Waals surface area contributed by atoms with Gasteiger partial charge >= 0.3 is 6.18 Å². The summed E-state index contributed by atoms with van der Waals surface area (Å²) in [6.07, 6.45) is -4.64. The standard InChI is InChI=1S/C10H10F3N3O/c1-3-16-8(17)6-4-5(2)14-7(6)15-9(16)10(11,12)13/h4,14H,3H2,1-2H3. The number of hydrogen-bond acceptors (Lipinski definition) is 2. The van der Waals surface area contributed by atoms with Crippen LogP contribution in [0.5, 0.6) is 0 Å². The zero-order chi connectivity index (χ0) is 12.8. The van der Waals surface area contributed by atoms with Gasteiger partial charge in [0.1, 0.15) is 5.65 Å². The molecule has 0 bridgehead atoms. The molecular formula is C10H10F3N3O. The van der Waals surface area contributed by atoms with Crippen molar-refractivity contribution in [2.75, 3.05) is 0 Å². The van der Waals surface area contributed by atoms with Gasteiger partial charge in [-0.1, -0.05) is 0 Å². The van der Waals surface area contributed by atoms with E-state index >= 15 is 0 Å². The minimum Gasteiger partial charge on any atom is -0.343 e. The Morgan fingerprint density at radius 3 is 2.65 bits per heavy atom. The average Bonchev–Trinajstić information content (AvgIpc) is 2.57. The van der Waals surface area contributed by atoms with Gasteiger partial charge in [-0.25, -0.2) is 4.98 Å². The molecule has 4 nitrogen and oxygen atoms in total. The molecule has 2 heterocycles. The van der Waals surface area contributed by atoms with Crippen LogP contribution in [-0.4, -0.2) is 14.5 Å². The highest BCUT2D eigenvalue weighted by Gasteiger charge is 2.37. The Kier molecular flexibility index (Phi) is 2.48. The summed E-state index contributed by atoms with van der Waals surface area (Å²) in [7, 11) is 0. The Bertz CT molecular complexity index is 624. The first kappa shape index (κ1) is 11.7. The Labute approximate surface area is 94.1 Å². The number of nitrogens with zero attached hydrogens (tertiary/aromatic N) is 2. The van der Waals surface area contributed by atoms with Crippen molar-refractivity contribution in [2.24, 2.45) is 0 Å². The number of aromatic amines is 1. The van der Waals surface area contributed by atoms with Crippen molar-refractivity contribution in [3.63, 3.8) is 0 Å². The number of halogens is 3. The first-order chi connectivity index (χ1) is 7.84. The molecule has 0 unspecified atom stereocenters. The summed E-state index contributed by atoms with van der Waals surface area (Å²) in [4.78, 5) is 18.0. The summed E-state index contributed by atoms with van der Waals surface area (Å²) in [6.45, 7) is 3.06. The molecule has 0 saturated heterocycles. The van der Waals surface area contributed by atoms with Crippen LogP contribution in [0.3, 0.4) is 0 Å². The Balaban J connectivity index is 2.89. The van der Waals surface area contributed by atoms with E-state index in [1.54, 1.807) is 6.92 Å². The van der Waals surface area contributed by atoms with Crippen LogP contribution in [0.4, 0.5) is 13.2 Å². The number of fused-ring (bicyclic) bond motifs is 1. The molecule has 92 valence electrons. The molecule has 0 aromatic carbocycles. The summed E-state index contributed by atoms with van der Waals surface area (Å²) in [5.41, 5.74) is -0.0923. The molecule has 2 rings (SSSR count). The second-order valence-corrected chi connectivity index (χ2v) is 3.70. The van der Waals surface area contributed by atoms with E-state index in [0.29, 0.717) is 10.3 Å². The van der Waals surface area contributed by atoms with Crippen molar-refractivity contribution in [3.8, 4) is 0 Å². The van der Waals surface area contributed by atoms with Gasteiger partial charge < -0.3 is 4.98 Å². The van der Waals surface area contributed by atoms with Crippen LogP contribution in [0.1, 0.15) is 18.4 Å². The smallest absolute Gasteiger partial charge is 0.343 e. The van der Waals surface area contributed by atoms with Gasteiger partial charge in [0, 0.05) is 12.2 Å². The summed E-state index contributed by atoms with van der Waals surface area (Å²) in [6, 6.07) is 1.50. The minimum absolute atomic E-state index is 0.0236. The number of hydrogen-bond donors (Lipinski definition) is 1. The highest BCUT2D eigenvalue weighted by molar-refractivity contribution is 5.75. The molecule has 0 aliphatic rings. The number of aryl methyl sites for hydroxylation is 1. The first-order valence-electron chi connectivity index (χ1n) is 5.02. The van der Waals surface area contributed by atoms with Crippen molar-refractivity contribution in [2.45, 2.75) is 26.6 Å². The average molecular weight is 245 g/mol. The third kappa shape index (κ3) is 1.81. The summed E-state index contributed by atoms with van der Waals surface area (Å²) >= 11 is 0. The van der Waals surface area contributed by atoms with Crippen molar-refractivity contribution in [1.82, 2.24) is 14.5 Å². The van der Waals surface area contributed by atoms with E-state index in [4.69, 9.17) is 0 Å². The molecular weight excluding hydrogens is 235 g/mol. The topological polar surface area (TPSA) is 50.7 Å². The maximum Gasteiger partial charge on any atom is 0.449 e. The molecule has 2 aromatic rings. The van der Waals surface area contributed by atoms with E-state index in [9.17, 15) is 18.0 Å². The van der Waals surface area contributed by atoms with E-state index in [-0.39, 0.29) is 17.6 Å². The first-order valence-corrected chi connectivity index (χ1v) is 5.02. The van der Waals surface area contributed by atoms with Gasteiger partial charge in [-0.05, 0) is 19.9 Å². The minimum atomic E-state index is -4.64. The second kappa shape index (κ2) is 3.61. The molecule has 0 aliphatic carbocycles. The molecule has 0 atom stereocenters. The molecule has 0 amide bonds. The summed E-state index contributed by atoms with van der Waals surface area (Å²) in [5.74, 6) is -1.17. The SMILES string of the molecule is CCn1c(C(F)(F)F)nc2[nH]c(C)cc2c1=O. The fourth-order valence-corrected chi connectivity index (χ4v) is 1.74. The largest absolute Gasteiger partial charge is 0.449 e. The van der Waals surface area contributed by atoms with E-state index in [1.165, 1.54) is 13.0 Å². The lowest BCUT2D eigenvalue weighted by atomic mass is 10.3. The van der Waals surface area contributed by atoms with Crippen molar-refractivity contribution in [3.05, 3.63) is 27.9 Å². The van der Waals surface area contributed by atoms with Crippen molar-refractivity contribution >= 4 is 11.0 Å². The van der Waals surface area contributed by atoms with Crippen LogP contribution in [0.2, 0.25) is 0 Å². The Morgan fingerprint density at radius 2 is 2.12 bits per heavy atom. The Morgan fingerprint density at radius 1 is 1.47 bits per heavy atom. The molecule has 7 heteroatoms. The fourth-order valence-electron chi connectivity index (χ4n) is 1.74. The highest BCUT2D eigenvalue weighted by Crippen LogP contribution is 2.27. The second-order valence-electron chi connectivity index (χ2n) is 3.70. The quantitative estimate of drug-likeness (QED) is 0.836. The van der Waals surface area contributed by atoms with Crippen LogP contribution in [-0.2, 0) is 12.7 Å². The van der Waals surface area contributed by atoms with Crippen molar-refractivity contribution < 1.29 is 13.2 Å². The van der Waals surface area contributed by atoms with Crippen LogP contribution in [0.25, 0.3) is 11.0 Å². The third-order valence-corrected chi connectivity index (χ3v) is 2.45. The predicted molar refractivity (Wildman–Crippen MR) is 55.8 cm³/mol. The normalized spacial score (nSPS) is 12.3. The molecule has 0 spiro atoms. The zero-order valence-corrected chi connectivity index (χ0v) is 9.22. The lowest BCUT2D eigenvalue weighted by Crippen LogP contribution is -2.29. The summed E-state index contributed by atoms with van der Waals surface area (Å²) < 4.78 is 38.8. The lowest BCUT2D eigenvalue weighted by Gasteiger charge is -2.12. The number of rotatable bonds is 1. The van der Waals surface area contributed by atoms with Crippen molar-refractivity contribution in [1.29, 1.82) is 0 Å². The van der Waals surface area contributed by atoms with E-state index < -0.39 is 17.6 Å². The van der Waals surface area contributed by atoms with E-state index in [0.717, 1.165) is 0 Å². The highest BCUT2D eigenvalue weighted by atomic mass is 19.4. The number of nitrogens with one attached hydrogen (secondary N) is 1. The van der Waals surface area contributed by atoms with Crippen LogP contribution in [0, 0.1) is 6.92 Å². The van der Waals surface area contributed by atoms with Crippen LogP contribution in [0.15, 0.2) is 10.9 Å². The number of H-pyrrole nitrogens is 1. The Hall–Kier alpha value is -1.79. The molecule has 17 heavy (non-hydrogen) atoms. The van der Waals surface area contributed by atoms with E-state index in [2.05, 4.69) is 9.97 Å². The zero-order valence-electron chi connectivity index (χ0n) is 9.22. The third-order valence-electron chi connectivity index (χ3n) is 2.45. The summed E-state index contributed by atoms with van der Waals surface area (Å²) in [5, 5.41) is 0.178. The van der Waals surface area contributed by atoms with Gasteiger partial charge in [-0.2, -0.15) is 13.2 Å². The maximum absolute atomic E-state index is 12.7. The maximum atomic E-state index is 12.7. The molecule has 1 N–H and O–H groups in total.